The average molecular weight is 435 g/mol. The monoisotopic (exact) mass is 434 g/mol. The van der Waals surface area contributed by atoms with Crippen molar-refractivity contribution in [3.8, 4) is 5.75 Å². The molecule has 0 radical (unpaired) electrons. The standard InChI is InChI=1S/C22H27FN2O4S/c1-29-18-9-7-17(8-10-18)22(12-4-3-5-13-22)15-24-21(26)16-6-11-19(23)20(14-16)25-30(2,27)28/h6-11,14,25H,3-5,12-13,15H2,1-2H3,(H,24,26). The highest BCUT2D eigenvalue weighted by Gasteiger charge is 2.34. The van der Waals surface area contributed by atoms with E-state index in [0.717, 1.165) is 49.3 Å². The molecule has 0 aliphatic heterocycles. The van der Waals surface area contributed by atoms with Crippen LogP contribution in [0.3, 0.4) is 0 Å². The van der Waals surface area contributed by atoms with Crippen LogP contribution in [0.25, 0.3) is 0 Å². The maximum Gasteiger partial charge on any atom is 0.251 e. The fourth-order valence-corrected chi connectivity index (χ4v) is 4.59. The molecule has 0 heterocycles. The van der Waals surface area contributed by atoms with Crippen molar-refractivity contribution < 1.29 is 22.3 Å². The van der Waals surface area contributed by atoms with E-state index in [4.69, 9.17) is 4.74 Å². The third-order valence-electron chi connectivity index (χ3n) is 5.62. The van der Waals surface area contributed by atoms with Gasteiger partial charge in [0.15, 0.2) is 0 Å². The van der Waals surface area contributed by atoms with Crippen LogP contribution in [0.15, 0.2) is 42.5 Å². The molecule has 1 amide bonds. The molecule has 2 aromatic carbocycles. The van der Waals surface area contributed by atoms with Gasteiger partial charge in [-0.25, -0.2) is 12.8 Å². The molecule has 0 saturated heterocycles. The van der Waals surface area contributed by atoms with Crippen molar-refractivity contribution in [3.05, 3.63) is 59.4 Å². The van der Waals surface area contributed by atoms with Crippen molar-refractivity contribution in [2.24, 2.45) is 0 Å². The van der Waals surface area contributed by atoms with Crippen LogP contribution >= 0.6 is 0 Å². The number of hydrogen-bond donors (Lipinski definition) is 2. The summed E-state index contributed by atoms with van der Waals surface area (Å²) in [4.78, 5) is 12.8. The number of nitrogens with one attached hydrogen (secondary N) is 2. The first-order chi connectivity index (χ1) is 14.2. The molecule has 8 heteroatoms. The summed E-state index contributed by atoms with van der Waals surface area (Å²) < 4.78 is 44.1. The lowest BCUT2D eigenvalue weighted by molar-refractivity contribution is 0.0936. The SMILES string of the molecule is COc1ccc(C2(CNC(=O)c3ccc(F)c(NS(C)(=O)=O)c3)CCCCC2)cc1. The van der Waals surface area contributed by atoms with E-state index in [1.165, 1.54) is 18.6 Å². The first-order valence-electron chi connectivity index (χ1n) is 9.92. The zero-order chi connectivity index (χ0) is 21.8. The Labute approximate surface area is 176 Å². The lowest BCUT2D eigenvalue weighted by Crippen LogP contribution is -2.42. The fourth-order valence-electron chi connectivity index (χ4n) is 4.04. The number of benzene rings is 2. The Balaban J connectivity index is 1.78. The van der Waals surface area contributed by atoms with Gasteiger partial charge >= 0.3 is 0 Å². The number of halogens is 1. The molecular formula is C22H27FN2O4S. The van der Waals surface area contributed by atoms with Gasteiger partial charge in [0.25, 0.3) is 5.91 Å². The Morgan fingerprint density at radius 2 is 1.77 bits per heavy atom. The summed E-state index contributed by atoms with van der Waals surface area (Å²) in [5.74, 6) is -0.324. The van der Waals surface area contributed by atoms with E-state index < -0.39 is 15.8 Å². The van der Waals surface area contributed by atoms with Gasteiger partial charge in [-0.1, -0.05) is 31.4 Å². The van der Waals surface area contributed by atoms with Crippen LogP contribution in [-0.4, -0.2) is 34.2 Å². The van der Waals surface area contributed by atoms with Gasteiger partial charge in [-0.3, -0.25) is 9.52 Å². The van der Waals surface area contributed by atoms with E-state index in [-0.39, 0.29) is 22.6 Å². The third kappa shape index (κ3) is 5.30. The number of sulfonamides is 1. The minimum Gasteiger partial charge on any atom is -0.497 e. The van der Waals surface area contributed by atoms with Gasteiger partial charge in [-0.15, -0.1) is 0 Å². The van der Waals surface area contributed by atoms with Gasteiger partial charge in [-0.2, -0.15) is 0 Å². The smallest absolute Gasteiger partial charge is 0.251 e. The van der Waals surface area contributed by atoms with E-state index in [2.05, 4.69) is 10.0 Å². The van der Waals surface area contributed by atoms with Crippen LogP contribution in [0.2, 0.25) is 0 Å². The molecule has 162 valence electrons. The van der Waals surface area contributed by atoms with Gasteiger partial charge in [-0.05, 0) is 48.7 Å². The van der Waals surface area contributed by atoms with Crippen molar-refractivity contribution in [2.45, 2.75) is 37.5 Å². The van der Waals surface area contributed by atoms with Gasteiger partial charge in [0.2, 0.25) is 10.0 Å². The summed E-state index contributed by atoms with van der Waals surface area (Å²) in [7, 11) is -2.03. The lowest BCUT2D eigenvalue weighted by Gasteiger charge is -2.38. The lowest BCUT2D eigenvalue weighted by atomic mass is 9.69. The van der Waals surface area contributed by atoms with Crippen molar-refractivity contribution in [1.82, 2.24) is 5.32 Å². The highest BCUT2D eigenvalue weighted by molar-refractivity contribution is 7.92. The summed E-state index contributed by atoms with van der Waals surface area (Å²) >= 11 is 0. The maximum absolute atomic E-state index is 13.9. The number of carbonyl (C=O) groups excluding carboxylic acids is 1. The summed E-state index contributed by atoms with van der Waals surface area (Å²) in [6, 6.07) is 11.6. The molecule has 0 unspecified atom stereocenters. The molecule has 0 spiro atoms. The van der Waals surface area contributed by atoms with E-state index in [9.17, 15) is 17.6 Å². The van der Waals surface area contributed by atoms with Crippen LogP contribution in [0.1, 0.15) is 48.0 Å². The maximum atomic E-state index is 13.9. The Morgan fingerprint density at radius 3 is 2.37 bits per heavy atom. The number of anilines is 1. The molecule has 30 heavy (non-hydrogen) atoms. The first-order valence-corrected chi connectivity index (χ1v) is 11.8. The normalized spacial score (nSPS) is 16.0. The van der Waals surface area contributed by atoms with Gasteiger partial charge in [0, 0.05) is 17.5 Å². The molecule has 0 bridgehead atoms. The van der Waals surface area contributed by atoms with Crippen molar-refractivity contribution in [3.63, 3.8) is 0 Å². The molecular weight excluding hydrogens is 407 g/mol. The molecule has 1 aliphatic rings. The number of ether oxygens (including phenoxy) is 1. The zero-order valence-electron chi connectivity index (χ0n) is 17.2. The van der Waals surface area contributed by atoms with Crippen LogP contribution in [-0.2, 0) is 15.4 Å². The molecule has 1 aliphatic carbocycles. The van der Waals surface area contributed by atoms with Crippen LogP contribution in [0.5, 0.6) is 5.75 Å². The predicted octanol–water partition coefficient (Wildman–Crippen LogP) is 3.84. The molecule has 6 nitrogen and oxygen atoms in total. The second-order valence-corrected chi connectivity index (χ2v) is 9.57. The number of hydrogen-bond acceptors (Lipinski definition) is 4. The molecule has 1 saturated carbocycles. The fraction of sp³-hybridized carbons (Fsp3) is 0.409. The quantitative estimate of drug-likeness (QED) is 0.694. The van der Waals surface area contributed by atoms with E-state index >= 15 is 0 Å². The van der Waals surface area contributed by atoms with E-state index in [1.807, 2.05) is 24.3 Å². The molecule has 2 N–H and O–H groups in total. The minimum atomic E-state index is -3.66. The third-order valence-corrected chi connectivity index (χ3v) is 6.21. The summed E-state index contributed by atoms with van der Waals surface area (Å²) in [5, 5.41) is 2.98. The topological polar surface area (TPSA) is 84.5 Å². The predicted molar refractivity (Wildman–Crippen MR) is 115 cm³/mol. The minimum absolute atomic E-state index is 0.173. The van der Waals surface area contributed by atoms with Crippen molar-refractivity contribution in [2.75, 3.05) is 24.6 Å². The zero-order valence-corrected chi connectivity index (χ0v) is 18.0. The van der Waals surface area contributed by atoms with Crippen molar-refractivity contribution >= 4 is 21.6 Å². The van der Waals surface area contributed by atoms with Crippen molar-refractivity contribution in [1.29, 1.82) is 0 Å². The largest absolute Gasteiger partial charge is 0.497 e. The first kappa shape index (κ1) is 22.1. The van der Waals surface area contributed by atoms with Gasteiger partial charge in [0.05, 0.1) is 19.1 Å². The van der Waals surface area contributed by atoms with Crippen LogP contribution in [0, 0.1) is 5.82 Å². The average Bonchev–Trinajstić information content (AvgIpc) is 2.73. The van der Waals surface area contributed by atoms with Gasteiger partial charge in [0.1, 0.15) is 11.6 Å². The number of methoxy groups -OCH3 is 1. The molecule has 3 rings (SSSR count). The summed E-state index contributed by atoms with van der Waals surface area (Å²) in [6.07, 6.45) is 6.20. The molecule has 0 atom stereocenters. The second-order valence-electron chi connectivity index (χ2n) is 7.82. The Bertz CT molecular complexity index is 1000. The van der Waals surface area contributed by atoms with Gasteiger partial charge < -0.3 is 10.1 Å². The Kier molecular flexibility index (Phi) is 6.65. The Hall–Kier alpha value is -2.61. The number of rotatable bonds is 7. The number of amides is 1. The van der Waals surface area contributed by atoms with E-state index in [0.29, 0.717) is 6.54 Å². The summed E-state index contributed by atoms with van der Waals surface area (Å²) in [5.41, 5.74) is 0.936. The molecule has 2 aromatic rings. The number of carbonyl (C=O) groups is 1. The molecule has 1 fully saturated rings. The molecule has 0 aromatic heterocycles. The second kappa shape index (κ2) is 9.04. The highest BCUT2D eigenvalue weighted by atomic mass is 32.2. The van der Waals surface area contributed by atoms with Crippen LogP contribution in [0.4, 0.5) is 10.1 Å². The van der Waals surface area contributed by atoms with E-state index in [1.54, 1.807) is 7.11 Å². The summed E-state index contributed by atoms with van der Waals surface area (Å²) in [6.45, 7) is 0.449. The van der Waals surface area contributed by atoms with Crippen LogP contribution < -0.4 is 14.8 Å². The highest BCUT2D eigenvalue weighted by Crippen LogP contribution is 2.39. The Morgan fingerprint density at radius 1 is 1.10 bits per heavy atom.